The number of hydrogen-bond acceptors (Lipinski definition) is 2. The summed E-state index contributed by atoms with van der Waals surface area (Å²) in [4.78, 5) is 0. The summed E-state index contributed by atoms with van der Waals surface area (Å²) in [6.45, 7) is 0. The predicted molar refractivity (Wildman–Crippen MR) is 68.7 cm³/mol. The Balaban J connectivity index is 2.17. The van der Waals surface area contributed by atoms with Crippen LogP contribution in [0.4, 0.5) is 0 Å². The molecule has 0 atom stereocenters. The molecule has 74 valence electrons. The second kappa shape index (κ2) is 5.06. The van der Waals surface area contributed by atoms with Crippen LogP contribution >= 0.6 is 34.7 Å². The van der Waals surface area contributed by atoms with E-state index in [1.54, 1.807) is 0 Å². The Morgan fingerprint density at radius 2 is 2.14 bits per heavy atom. The van der Waals surface area contributed by atoms with Gasteiger partial charge in [-0.3, -0.25) is 0 Å². The van der Waals surface area contributed by atoms with E-state index in [1.807, 2.05) is 23.1 Å². The highest BCUT2D eigenvalue weighted by Gasteiger charge is 2.02. The molecule has 0 spiro atoms. The summed E-state index contributed by atoms with van der Waals surface area (Å²) in [5.74, 6) is 2.86. The molecule has 0 unspecified atom stereocenters. The van der Waals surface area contributed by atoms with E-state index in [2.05, 4.69) is 29.6 Å². The number of benzene rings is 1. The molecule has 0 nitrogen and oxygen atoms in total. The Morgan fingerprint density at radius 1 is 1.29 bits per heavy atom. The third-order valence-corrected chi connectivity index (χ3v) is 4.47. The molecule has 3 heteroatoms. The third kappa shape index (κ3) is 2.25. The average molecular weight is 243 g/mol. The van der Waals surface area contributed by atoms with Crippen LogP contribution < -0.4 is 0 Å². The number of hydrogen-bond donors (Lipinski definition) is 0. The van der Waals surface area contributed by atoms with Gasteiger partial charge in [0.1, 0.15) is 0 Å². The van der Waals surface area contributed by atoms with Crippen molar-refractivity contribution in [3.63, 3.8) is 0 Å². The van der Waals surface area contributed by atoms with Gasteiger partial charge in [-0.1, -0.05) is 18.2 Å². The number of fused-ring (bicyclic) bond motifs is 1. The largest absolute Gasteiger partial charge is 0.156 e. The van der Waals surface area contributed by atoms with E-state index >= 15 is 0 Å². The van der Waals surface area contributed by atoms with E-state index in [0.717, 1.165) is 17.4 Å². The highest BCUT2D eigenvalue weighted by Crippen LogP contribution is 2.28. The molecule has 14 heavy (non-hydrogen) atoms. The molecule has 0 radical (unpaired) electrons. The van der Waals surface area contributed by atoms with E-state index in [0.29, 0.717) is 0 Å². The molecule has 0 saturated carbocycles. The smallest absolute Gasteiger partial charge is 0.0345 e. The first-order valence-electron chi connectivity index (χ1n) is 4.50. The van der Waals surface area contributed by atoms with Gasteiger partial charge in [-0.2, -0.15) is 11.8 Å². The highest BCUT2D eigenvalue weighted by atomic mass is 35.5. The van der Waals surface area contributed by atoms with Crippen molar-refractivity contribution in [2.45, 2.75) is 5.75 Å². The zero-order valence-corrected chi connectivity index (χ0v) is 10.1. The summed E-state index contributed by atoms with van der Waals surface area (Å²) in [6.07, 6.45) is 0. The van der Waals surface area contributed by atoms with E-state index in [1.165, 1.54) is 15.6 Å². The quantitative estimate of drug-likeness (QED) is 0.567. The lowest BCUT2D eigenvalue weighted by molar-refractivity contribution is 1.46. The maximum atomic E-state index is 5.64. The first-order valence-corrected chi connectivity index (χ1v) is 7.07. The molecule has 2 aromatic rings. The van der Waals surface area contributed by atoms with Gasteiger partial charge in [-0.25, -0.2) is 0 Å². The van der Waals surface area contributed by atoms with Crippen LogP contribution in [0.1, 0.15) is 5.56 Å². The standard InChI is InChI=1S/C11H11ClS2/c12-5-6-13-7-9-8-14-11-4-2-1-3-10(9)11/h1-4,8H,5-7H2. The number of alkyl halides is 1. The van der Waals surface area contributed by atoms with Crippen LogP contribution in [0.3, 0.4) is 0 Å². The summed E-state index contributed by atoms with van der Waals surface area (Å²) in [5, 5.41) is 3.66. The SMILES string of the molecule is ClCCSCc1csc2ccccc12. The Bertz CT molecular complexity index is 408. The molecule has 1 aromatic carbocycles. The van der Waals surface area contributed by atoms with E-state index < -0.39 is 0 Å². The zero-order chi connectivity index (χ0) is 9.80. The first kappa shape index (κ1) is 10.3. The van der Waals surface area contributed by atoms with Gasteiger partial charge in [0.2, 0.25) is 0 Å². The van der Waals surface area contributed by atoms with Crippen molar-refractivity contribution in [1.82, 2.24) is 0 Å². The number of rotatable bonds is 4. The van der Waals surface area contributed by atoms with Gasteiger partial charge in [0, 0.05) is 22.1 Å². The maximum absolute atomic E-state index is 5.64. The van der Waals surface area contributed by atoms with Crippen molar-refractivity contribution in [3.8, 4) is 0 Å². The molecule has 0 amide bonds. The Kier molecular flexibility index (Phi) is 3.74. The molecule has 1 heterocycles. The number of halogens is 1. The molecule has 0 N–H and O–H groups in total. The van der Waals surface area contributed by atoms with Crippen LogP contribution in [-0.4, -0.2) is 11.6 Å². The molecule has 0 aliphatic carbocycles. The van der Waals surface area contributed by atoms with Crippen molar-refractivity contribution < 1.29 is 0 Å². The predicted octanol–water partition coefficient (Wildman–Crippen LogP) is 4.37. The summed E-state index contributed by atoms with van der Waals surface area (Å²) >= 11 is 9.37. The first-order chi connectivity index (χ1) is 6.92. The molecule has 1 aromatic heterocycles. The minimum atomic E-state index is 0.743. The Morgan fingerprint density at radius 3 is 3.00 bits per heavy atom. The van der Waals surface area contributed by atoms with Gasteiger partial charge in [-0.05, 0) is 22.4 Å². The van der Waals surface area contributed by atoms with Gasteiger partial charge >= 0.3 is 0 Å². The van der Waals surface area contributed by atoms with Crippen molar-refractivity contribution in [2.75, 3.05) is 11.6 Å². The van der Waals surface area contributed by atoms with E-state index in [-0.39, 0.29) is 0 Å². The highest BCUT2D eigenvalue weighted by molar-refractivity contribution is 7.98. The van der Waals surface area contributed by atoms with Crippen molar-refractivity contribution in [2.24, 2.45) is 0 Å². The Hall–Kier alpha value is -0.180. The molecular weight excluding hydrogens is 232 g/mol. The summed E-state index contributed by atoms with van der Waals surface area (Å²) in [6, 6.07) is 8.57. The van der Waals surface area contributed by atoms with Crippen LogP contribution in [-0.2, 0) is 5.75 Å². The van der Waals surface area contributed by atoms with Gasteiger partial charge in [0.05, 0.1) is 0 Å². The molecule has 0 bridgehead atoms. The number of thiophene rings is 1. The summed E-state index contributed by atoms with van der Waals surface area (Å²) < 4.78 is 1.38. The molecular formula is C11H11ClS2. The van der Waals surface area contributed by atoms with Gasteiger partial charge in [0.15, 0.2) is 0 Å². The van der Waals surface area contributed by atoms with Crippen LogP contribution in [0.2, 0.25) is 0 Å². The summed E-state index contributed by atoms with van der Waals surface area (Å²) in [5.41, 5.74) is 1.45. The van der Waals surface area contributed by atoms with E-state index in [9.17, 15) is 0 Å². The van der Waals surface area contributed by atoms with Crippen molar-refractivity contribution >= 4 is 44.8 Å². The molecule has 0 fully saturated rings. The number of thioether (sulfide) groups is 1. The monoisotopic (exact) mass is 242 g/mol. The second-order valence-electron chi connectivity index (χ2n) is 3.00. The van der Waals surface area contributed by atoms with Crippen molar-refractivity contribution in [1.29, 1.82) is 0 Å². The lowest BCUT2D eigenvalue weighted by Gasteiger charge is -1.97. The zero-order valence-electron chi connectivity index (χ0n) is 7.70. The Labute approximate surface area is 97.3 Å². The fourth-order valence-electron chi connectivity index (χ4n) is 1.38. The van der Waals surface area contributed by atoms with Crippen LogP contribution in [0.5, 0.6) is 0 Å². The van der Waals surface area contributed by atoms with Crippen LogP contribution in [0.25, 0.3) is 10.1 Å². The normalized spacial score (nSPS) is 10.9. The van der Waals surface area contributed by atoms with Gasteiger partial charge in [-0.15, -0.1) is 22.9 Å². The molecule has 2 rings (SSSR count). The maximum Gasteiger partial charge on any atom is 0.0345 e. The van der Waals surface area contributed by atoms with E-state index in [4.69, 9.17) is 11.6 Å². The lowest BCUT2D eigenvalue weighted by Crippen LogP contribution is -1.82. The fraction of sp³-hybridized carbons (Fsp3) is 0.273. The fourth-order valence-corrected chi connectivity index (χ4v) is 3.49. The second-order valence-corrected chi connectivity index (χ2v) is 5.39. The van der Waals surface area contributed by atoms with Crippen LogP contribution in [0, 0.1) is 0 Å². The third-order valence-electron chi connectivity index (χ3n) is 2.04. The summed E-state index contributed by atoms with van der Waals surface area (Å²) in [7, 11) is 0. The molecule has 0 saturated heterocycles. The van der Waals surface area contributed by atoms with Gasteiger partial charge in [0.25, 0.3) is 0 Å². The lowest BCUT2D eigenvalue weighted by atomic mass is 10.2. The molecule has 0 aliphatic rings. The van der Waals surface area contributed by atoms with Gasteiger partial charge < -0.3 is 0 Å². The minimum absolute atomic E-state index is 0.743. The van der Waals surface area contributed by atoms with Crippen LogP contribution in [0.15, 0.2) is 29.6 Å². The van der Waals surface area contributed by atoms with Crippen molar-refractivity contribution in [3.05, 3.63) is 35.2 Å². The topological polar surface area (TPSA) is 0 Å². The average Bonchev–Trinajstić information content (AvgIpc) is 2.63. The minimum Gasteiger partial charge on any atom is -0.156 e. The molecule has 0 aliphatic heterocycles.